The second-order valence-corrected chi connectivity index (χ2v) is 6.34. The number of likely N-dealkylation sites (tertiary alicyclic amines) is 1. The van der Waals surface area contributed by atoms with Crippen molar-refractivity contribution in [3.63, 3.8) is 0 Å². The molecule has 1 saturated heterocycles. The number of hydrogen-bond donors (Lipinski definition) is 2. The average molecular weight is 327 g/mol. The van der Waals surface area contributed by atoms with E-state index >= 15 is 0 Å². The smallest absolute Gasteiger partial charge is 0.241 e. The van der Waals surface area contributed by atoms with Crippen LogP contribution in [0.25, 0.3) is 0 Å². The number of nitrogens with zero attached hydrogens (tertiary/aromatic N) is 1. The summed E-state index contributed by atoms with van der Waals surface area (Å²) in [6, 6.07) is 12.8. The van der Waals surface area contributed by atoms with Crippen LogP contribution in [0.15, 0.2) is 46.9 Å². The van der Waals surface area contributed by atoms with Crippen molar-refractivity contribution in [3.05, 3.63) is 59.5 Å². The summed E-state index contributed by atoms with van der Waals surface area (Å²) in [6.07, 6.45) is 2.38. The predicted octanol–water partition coefficient (Wildman–Crippen LogP) is 2.54. The second kappa shape index (κ2) is 7.64. The van der Waals surface area contributed by atoms with E-state index in [1.807, 2.05) is 49.4 Å². The molecule has 1 amide bonds. The lowest BCUT2D eigenvalue weighted by Gasteiger charge is -2.26. The van der Waals surface area contributed by atoms with Gasteiger partial charge in [0.1, 0.15) is 17.6 Å². The van der Waals surface area contributed by atoms with E-state index in [1.54, 1.807) is 0 Å². The number of hydrogen-bond acceptors (Lipinski definition) is 4. The number of rotatable bonds is 6. The molecule has 2 unspecified atom stereocenters. The monoisotopic (exact) mass is 327 g/mol. The first-order chi connectivity index (χ1) is 11.6. The van der Waals surface area contributed by atoms with E-state index in [9.17, 15) is 4.79 Å². The van der Waals surface area contributed by atoms with Crippen LogP contribution < -0.4 is 11.1 Å². The van der Waals surface area contributed by atoms with Crippen molar-refractivity contribution in [2.24, 2.45) is 5.73 Å². The van der Waals surface area contributed by atoms with Gasteiger partial charge in [0.25, 0.3) is 0 Å². The van der Waals surface area contributed by atoms with Gasteiger partial charge in [0.15, 0.2) is 0 Å². The molecule has 0 saturated carbocycles. The van der Waals surface area contributed by atoms with Crippen LogP contribution >= 0.6 is 0 Å². The van der Waals surface area contributed by atoms with E-state index in [4.69, 9.17) is 10.2 Å². The van der Waals surface area contributed by atoms with E-state index in [2.05, 4.69) is 10.2 Å². The quantitative estimate of drug-likeness (QED) is 0.855. The summed E-state index contributed by atoms with van der Waals surface area (Å²) in [5, 5.41) is 3.00. The predicted molar refractivity (Wildman–Crippen MR) is 93.4 cm³/mol. The molecule has 0 spiro atoms. The molecule has 3 N–H and O–H groups in total. The number of carbonyl (C=O) groups is 1. The van der Waals surface area contributed by atoms with Crippen molar-refractivity contribution in [2.75, 3.05) is 19.6 Å². The molecule has 2 atom stereocenters. The van der Waals surface area contributed by atoms with Gasteiger partial charge in [0.05, 0.1) is 6.04 Å². The lowest BCUT2D eigenvalue weighted by atomic mass is 10.1. The minimum absolute atomic E-state index is 0.0631. The first kappa shape index (κ1) is 16.7. The van der Waals surface area contributed by atoms with E-state index in [0.717, 1.165) is 30.2 Å². The fourth-order valence-electron chi connectivity index (χ4n) is 3.21. The molecule has 24 heavy (non-hydrogen) atoms. The molecular weight excluding hydrogens is 302 g/mol. The summed E-state index contributed by atoms with van der Waals surface area (Å²) >= 11 is 0. The molecule has 0 aliphatic carbocycles. The molecule has 1 fully saturated rings. The van der Waals surface area contributed by atoms with Crippen molar-refractivity contribution in [2.45, 2.75) is 31.8 Å². The van der Waals surface area contributed by atoms with Gasteiger partial charge >= 0.3 is 0 Å². The summed E-state index contributed by atoms with van der Waals surface area (Å²) in [6.45, 7) is 4.51. The van der Waals surface area contributed by atoms with E-state index in [1.165, 1.54) is 12.8 Å². The highest BCUT2D eigenvalue weighted by atomic mass is 16.3. The van der Waals surface area contributed by atoms with Gasteiger partial charge in [0, 0.05) is 6.54 Å². The van der Waals surface area contributed by atoms with Crippen LogP contribution in [0, 0.1) is 6.92 Å². The summed E-state index contributed by atoms with van der Waals surface area (Å²) in [4.78, 5) is 14.8. The molecule has 0 bridgehead atoms. The van der Waals surface area contributed by atoms with Gasteiger partial charge in [-0.15, -0.1) is 0 Å². The molecule has 0 radical (unpaired) electrons. The van der Waals surface area contributed by atoms with Crippen LogP contribution in [0.4, 0.5) is 0 Å². The number of furan rings is 1. The van der Waals surface area contributed by atoms with Crippen molar-refractivity contribution in [3.8, 4) is 0 Å². The molecule has 3 rings (SSSR count). The Morgan fingerprint density at radius 2 is 1.92 bits per heavy atom. The normalized spacial score (nSPS) is 17.6. The number of aryl methyl sites for hydroxylation is 1. The highest BCUT2D eigenvalue weighted by molar-refractivity contribution is 5.82. The maximum atomic E-state index is 12.4. The maximum Gasteiger partial charge on any atom is 0.241 e. The Balaban J connectivity index is 1.66. The third-order valence-corrected chi connectivity index (χ3v) is 4.58. The van der Waals surface area contributed by atoms with Gasteiger partial charge in [-0.1, -0.05) is 30.3 Å². The van der Waals surface area contributed by atoms with Crippen LogP contribution in [-0.4, -0.2) is 30.4 Å². The molecule has 5 nitrogen and oxygen atoms in total. The SMILES string of the molecule is Cc1ccc(C(CNC(=O)C(N)c2ccccc2)N2CCCC2)o1. The Labute approximate surface area is 142 Å². The Hall–Kier alpha value is -2.11. The standard InChI is InChI=1S/C19H25N3O2/c1-14-9-10-17(24-14)16(22-11-5-6-12-22)13-21-19(23)18(20)15-7-3-2-4-8-15/h2-4,7-10,16,18H,5-6,11-13,20H2,1H3,(H,21,23). The number of nitrogens with two attached hydrogens (primary N) is 1. The van der Waals surface area contributed by atoms with Gasteiger partial charge < -0.3 is 15.5 Å². The molecule has 1 aromatic carbocycles. The number of benzene rings is 1. The first-order valence-electron chi connectivity index (χ1n) is 8.54. The summed E-state index contributed by atoms with van der Waals surface area (Å²) in [7, 11) is 0. The van der Waals surface area contributed by atoms with Crippen LogP contribution in [0.3, 0.4) is 0 Å². The zero-order valence-corrected chi connectivity index (χ0v) is 14.1. The van der Waals surface area contributed by atoms with Crippen molar-refractivity contribution < 1.29 is 9.21 Å². The molecule has 2 heterocycles. The Kier molecular flexibility index (Phi) is 5.33. The Bertz CT molecular complexity index is 662. The van der Waals surface area contributed by atoms with E-state index in [0.29, 0.717) is 6.54 Å². The van der Waals surface area contributed by atoms with Gasteiger partial charge in [0.2, 0.25) is 5.91 Å². The molecular formula is C19H25N3O2. The molecule has 1 aliphatic heterocycles. The molecule has 5 heteroatoms. The fraction of sp³-hybridized carbons (Fsp3) is 0.421. The Morgan fingerprint density at radius 1 is 1.21 bits per heavy atom. The minimum Gasteiger partial charge on any atom is -0.465 e. The van der Waals surface area contributed by atoms with Gasteiger partial charge in [-0.05, 0) is 50.6 Å². The molecule has 1 aromatic heterocycles. The largest absolute Gasteiger partial charge is 0.465 e. The lowest BCUT2D eigenvalue weighted by molar-refractivity contribution is -0.122. The molecule has 1 aliphatic rings. The minimum atomic E-state index is -0.649. The van der Waals surface area contributed by atoms with Crippen molar-refractivity contribution in [1.82, 2.24) is 10.2 Å². The maximum absolute atomic E-state index is 12.4. The lowest BCUT2D eigenvalue weighted by Crippen LogP contribution is -2.40. The van der Waals surface area contributed by atoms with E-state index < -0.39 is 6.04 Å². The van der Waals surface area contributed by atoms with E-state index in [-0.39, 0.29) is 11.9 Å². The third kappa shape index (κ3) is 3.86. The third-order valence-electron chi connectivity index (χ3n) is 4.58. The van der Waals surface area contributed by atoms with Crippen molar-refractivity contribution in [1.29, 1.82) is 0 Å². The van der Waals surface area contributed by atoms with Crippen molar-refractivity contribution >= 4 is 5.91 Å². The van der Waals surface area contributed by atoms with Gasteiger partial charge in [-0.25, -0.2) is 0 Å². The summed E-state index contributed by atoms with van der Waals surface area (Å²) in [5.41, 5.74) is 6.89. The van der Waals surface area contributed by atoms with Crippen LogP contribution in [0.2, 0.25) is 0 Å². The summed E-state index contributed by atoms with van der Waals surface area (Å²) in [5.74, 6) is 1.64. The van der Waals surface area contributed by atoms with Crippen LogP contribution in [0.5, 0.6) is 0 Å². The van der Waals surface area contributed by atoms with Crippen LogP contribution in [0.1, 0.15) is 42.0 Å². The zero-order valence-electron chi connectivity index (χ0n) is 14.1. The summed E-state index contributed by atoms with van der Waals surface area (Å²) < 4.78 is 5.81. The van der Waals surface area contributed by atoms with Crippen LogP contribution in [-0.2, 0) is 4.79 Å². The number of amides is 1. The number of carbonyl (C=O) groups excluding carboxylic acids is 1. The van der Waals surface area contributed by atoms with Gasteiger partial charge in [-0.2, -0.15) is 0 Å². The second-order valence-electron chi connectivity index (χ2n) is 6.34. The highest BCUT2D eigenvalue weighted by Crippen LogP contribution is 2.26. The number of nitrogens with one attached hydrogen (secondary N) is 1. The highest BCUT2D eigenvalue weighted by Gasteiger charge is 2.27. The first-order valence-corrected chi connectivity index (χ1v) is 8.54. The Morgan fingerprint density at radius 3 is 2.54 bits per heavy atom. The molecule has 2 aromatic rings. The fourth-order valence-corrected chi connectivity index (χ4v) is 3.21. The average Bonchev–Trinajstić information content (AvgIpc) is 3.27. The topological polar surface area (TPSA) is 71.5 Å². The molecule has 128 valence electrons. The van der Waals surface area contributed by atoms with Gasteiger partial charge in [-0.3, -0.25) is 9.69 Å². The zero-order chi connectivity index (χ0) is 16.9.